The fraction of sp³-hybridized carbons (Fsp3) is 0.0845. The van der Waals surface area contributed by atoms with Gasteiger partial charge >= 0.3 is 0 Å². The molecule has 3 heteroatoms. The summed E-state index contributed by atoms with van der Waals surface area (Å²) in [5.74, 6) is 0. The largest absolute Gasteiger partial charge is 0.310 e. The van der Waals surface area contributed by atoms with Gasteiger partial charge in [-0.25, -0.2) is 0 Å². The molecule has 0 radical (unpaired) electrons. The van der Waals surface area contributed by atoms with E-state index in [1.165, 1.54) is 77.9 Å². The summed E-state index contributed by atoms with van der Waals surface area (Å²) in [4.78, 5) is 17.8. The number of fused-ring (bicyclic) bond motifs is 18. The Hall–Kier alpha value is -9.05. The smallest absolute Gasteiger partial charge is 0.263 e. The van der Waals surface area contributed by atoms with E-state index in [1.54, 1.807) is 0 Å². The Balaban J connectivity index is 0.909. The highest BCUT2D eigenvalue weighted by Crippen LogP contribution is 2.65. The lowest BCUT2D eigenvalue weighted by molar-refractivity contribution is 0.660. The first-order valence-electron chi connectivity index (χ1n) is 26.1. The van der Waals surface area contributed by atoms with Gasteiger partial charge < -0.3 is 4.90 Å². The first kappa shape index (κ1) is 41.6. The van der Waals surface area contributed by atoms with Gasteiger partial charge in [0.25, 0.3) is 5.56 Å². The van der Waals surface area contributed by atoms with Gasteiger partial charge in [-0.1, -0.05) is 196 Å². The molecule has 16 rings (SSSR count). The summed E-state index contributed by atoms with van der Waals surface area (Å²) in [6.45, 7) is 4.70. The highest BCUT2D eigenvalue weighted by molar-refractivity contribution is 6.24. The van der Waals surface area contributed by atoms with Gasteiger partial charge in [-0.15, -0.1) is 0 Å². The fourth-order valence-electron chi connectivity index (χ4n) is 14.3. The fourth-order valence-corrected chi connectivity index (χ4v) is 14.3. The van der Waals surface area contributed by atoms with Gasteiger partial charge in [0, 0.05) is 49.5 Å². The van der Waals surface area contributed by atoms with Gasteiger partial charge in [-0.3, -0.25) is 9.20 Å². The lowest BCUT2D eigenvalue weighted by Crippen LogP contribution is -2.27. The van der Waals surface area contributed by atoms with Crippen LogP contribution < -0.4 is 10.5 Å². The standard InChI is InChI=1S/C71H48N2O/c1-70(2)58-25-12-10-23-54(58)65-62(70)29-16-30-64(65)72(47-35-31-44(32-36-47)43-17-4-3-5-18-43)48-37-33-45(34-38-48)46-41-56-49-19-6-7-22-53(49)69(74)73-67(56)57(42-46)52-39-40-63-66(68(52)73)55-24-11-15-28-61(55)71(63)59-26-13-8-20-50(59)51-21-9-14-27-60(51)71/h3-13,15-26,28-42H,14,27H2,1-2H3. The minimum Gasteiger partial charge on any atom is -0.310 e. The number of anilines is 3. The van der Waals surface area contributed by atoms with Gasteiger partial charge in [0.05, 0.1) is 22.1 Å². The van der Waals surface area contributed by atoms with Crippen molar-refractivity contribution in [3.05, 3.63) is 280 Å². The van der Waals surface area contributed by atoms with E-state index in [2.05, 4.69) is 242 Å². The van der Waals surface area contributed by atoms with Crippen LogP contribution in [-0.4, -0.2) is 4.40 Å². The van der Waals surface area contributed by atoms with E-state index >= 15 is 4.79 Å². The zero-order chi connectivity index (χ0) is 49.0. The van der Waals surface area contributed by atoms with Gasteiger partial charge in [0.1, 0.15) is 0 Å². The molecule has 0 bridgehead atoms. The summed E-state index contributed by atoms with van der Waals surface area (Å²) in [7, 11) is 0. The summed E-state index contributed by atoms with van der Waals surface area (Å²) in [5, 5.41) is 4.98. The molecule has 1 unspecified atom stereocenters. The van der Waals surface area contributed by atoms with Crippen molar-refractivity contribution < 1.29 is 0 Å². The van der Waals surface area contributed by atoms with Crippen molar-refractivity contribution in [1.82, 2.24) is 4.40 Å². The zero-order valence-electron chi connectivity index (χ0n) is 41.2. The van der Waals surface area contributed by atoms with Crippen LogP contribution in [0.2, 0.25) is 0 Å². The summed E-state index contributed by atoms with van der Waals surface area (Å²) in [5.41, 5.74) is 25.1. The number of aromatic nitrogens is 1. The molecular weight excluding hydrogens is 897 g/mol. The third-order valence-corrected chi connectivity index (χ3v) is 17.4. The number of hydrogen-bond donors (Lipinski definition) is 0. The Kier molecular flexibility index (Phi) is 8.43. The van der Waals surface area contributed by atoms with Crippen molar-refractivity contribution in [2.24, 2.45) is 0 Å². The number of benzene rings is 10. The Morgan fingerprint density at radius 2 is 1.00 bits per heavy atom. The third kappa shape index (κ3) is 5.33. The molecule has 74 heavy (non-hydrogen) atoms. The summed E-state index contributed by atoms with van der Waals surface area (Å²) in [6.07, 6.45) is 6.70. The maximum absolute atomic E-state index is 15.3. The van der Waals surface area contributed by atoms with Crippen LogP contribution in [0.3, 0.4) is 0 Å². The minimum atomic E-state index is -0.434. The van der Waals surface area contributed by atoms with Gasteiger partial charge in [-0.2, -0.15) is 0 Å². The van der Waals surface area contributed by atoms with Crippen LogP contribution >= 0.6 is 0 Å². The molecule has 3 nitrogen and oxygen atoms in total. The van der Waals surface area contributed by atoms with Gasteiger partial charge in [0.15, 0.2) is 0 Å². The monoisotopic (exact) mass is 944 g/mol. The second-order valence-electron chi connectivity index (χ2n) is 21.3. The highest BCUT2D eigenvalue weighted by atomic mass is 16.1. The molecule has 2 aromatic heterocycles. The molecule has 0 amide bonds. The minimum absolute atomic E-state index is 0.0275. The molecule has 0 saturated heterocycles. The van der Waals surface area contributed by atoms with E-state index in [4.69, 9.17) is 0 Å². The SMILES string of the molecule is CC1(C)c2ccccc2-c2c(N(c3ccc(-c4ccccc4)cc3)c3ccc(-c4cc5c6ccccc6c(=O)n6c7c8c(ccc7c(c4)c56)C4(C5=C(C=CCC5)c5ccccc54)c4ccccc4-8)cc3)cccc21. The Labute approximate surface area is 429 Å². The van der Waals surface area contributed by atoms with Crippen LogP contribution in [0.25, 0.3) is 88.0 Å². The number of pyridine rings is 1. The van der Waals surface area contributed by atoms with Gasteiger partial charge in [-0.05, 0) is 145 Å². The molecule has 348 valence electrons. The van der Waals surface area contributed by atoms with Gasteiger partial charge in [0.2, 0.25) is 0 Å². The Morgan fingerprint density at radius 1 is 0.432 bits per heavy atom. The van der Waals surface area contributed by atoms with Crippen LogP contribution in [0.5, 0.6) is 0 Å². The molecule has 4 aliphatic rings. The summed E-state index contributed by atoms with van der Waals surface area (Å²) < 4.78 is 2.08. The van der Waals surface area contributed by atoms with Crippen LogP contribution in [0.4, 0.5) is 17.1 Å². The van der Waals surface area contributed by atoms with Crippen LogP contribution in [0.15, 0.2) is 241 Å². The third-order valence-electron chi connectivity index (χ3n) is 17.4. The molecule has 2 heterocycles. The molecule has 12 aromatic rings. The van der Waals surface area contributed by atoms with E-state index in [0.29, 0.717) is 0 Å². The quantitative estimate of drug-likeness (QED) is 0.161. The number of rotatable bonds is 5. The van der Waals surface area contributed by atoms with Crippen molar-refractivity contribution >= 4 is 60.6 Å². The average molecular weight is 945 g/mol. The van der Waals surface area contributed by atoms with E-state index in [0.717, 1.165) is 79.0 Å². The highest BCUT2D eigenvalue weighted by Gasteiger charge is 2.53. The second kappa shape index (κ2) is 15.0. The molecule has 0 saturated carbocycles. The van der Waals surface area contributed by atoms with Crippen LogP contribution in [0.1, 0.15) is 60.1 Å². The molecule has 0 aliphatic heterocycles. The molecule has 10 aromatic carbocycles. The van der Waals surface area contributed by atoms with E-state index in [-0.39, 0.29) is 11.0 Å². The molecule has 0 N–H and O–H groups in total. The predicted octanol–water partition coefficient (Wildman–Crippen LogP) is 17.7. The lowest BCUT2D eigenvalue weighted by atomic mass is 9.68. The van der Waals surface area contributed by atoms with Crippen molar-refractivity contribution in [3.8, 4) is 44.5 Å². The molecule has 1 atom stereocenters. The topological polar surface area (TPSA) is 24.7 Å². The molecule has 0 fully saturated rings. The second-order valence-corrected chi connectivity index (χ2v) is 21.3. The predicted molar refractivity (Wildman–Crippen MR) is 308 cm³/mol. The maximum atomic E-state index is 15.3. The average Bonchev–Trinajstić information content (AvgIpc) is 4.25. The van der Waals surface area contributed by atoms with E-state index in [1.807, 2.05) is 12.1 Å². The first-order chi connectivity index (χ1) is 36.4. The lowest BCUT2D eigenvalue weighted by Gasteiger charge is -2.33. The van der Waals surface area contributed by atoms with E-state index < -0.39 is 5.41 Å². The number of nitrogens with zero attached hydrogens (tertiary/aromatic N) is 2. The van der Waals surface area contributed by atoms with E-state index in [9.17, 15) is 0 Å². The van der Waals surface area contributed by atoms with Crippen LogP contribution in [-0.2, 0) is 10.8 Å². The van der Waals surface area contributed by atoms with Crippen LogP contribution in [0, 0.1) is 0 Å². The molecular formula is C71H48N2O. The summed E-state index contributed by atoms with van der Waals surface area (Å²) >= 11 is 0. The van der Waals surface area contributed by atoms with Crippen molar-refractivity contribution in [1.29, 1.82) is 0 Å². The van der Waals surface area contributed by atoms with Crippen molar-refractivity contribution in [2.75, 3.05) is 4.90 Å². The number of allylic oxidation sites excluding steroid dienone is 4. The normalized spacial score (nSPS) is 16.5. The maximum Gasteiger partial charge on any atom is 0.263 e. The zero-order valence-corrected chi connectivity index (χ0v) is 41.2. The molecule has 1 spiro atoms. The van der Waals surface area contributed by atoms with Crippen molar-refractivity contribution in [3.63, 3.8) is 0 Å². The Bertz CT molecular complexity index is 4510. The van der Waals surface area contributed by atoms with Crippen molar-refractivity contribution in [2.45, 2.75) is 37.5 Å². The Morgan fingerprint density at radius 3 is 1.73 bits per heavy atom. The summed E-state index contributed by atoms with van der Waals surface area (Å²) in [6, 6.07) is 80.2. The number of hydrogen-bond acceptors (Lipinski definition) is 2. The first-order valence-corrected chi connectivity index (χ1v) is 26.1. The molecule has 4 aliphatic carbocycles.